The molecule has 34 heavy (non-hydrogen) atoms. The summed E-state index contributed by atoms with van der Waals surface area (Å²) in [5.74, 6) is 0.126. The molecule has 0 saturated heterocycles. The van der Waals surface area contributed by atoms with E-state index in [4.69, 9.17) is 4.98 Å². The number of hydrogen-bond donors (Lipinski definition) is 1. The Kier molecular flexibility index (Phi) is 5.25. The van der Waals surface area contributed by atoms with Crippen molar-refractivity contribution in [2.24, 2.45) is 0 Å². The zero-order valence-corrected chi connectivity index (χ0v) is 18.7. The Hall–Kier alpha value is -4.43. The summed E-state index contributed by atoms with van der Waals surface area (Å²) in [6, 6.07) is 42.6. The first-order chi connectivity index (χ1) is 16.8. The number of para-hydroxylation sites is 2. The highest BCUT2D eigenvalue weighted by Crippen LogP contribution is 2.33. The molecule has 2 heterocycles. The molecule has 4 aromatic carbocycles. The Balaban J connectivity index is 1.38. The van der Waals surface area contributed by atoms with Gasteiger partial charge >= 0.3 is 0 Å². The molecule has 0 aliphatic carbocycles. The SMILES string of the molecule is C(=C\c1ccc2ccccc2n1)/c1cccc(C(c2ccccc2)c2cc3ccccc3[nH]2)c1. The fourth-order valence-electron chi connectivity index (χ4n) is 4.65. The molecule has 0 aliphatic heterocycles. The fourth-order valence-corrected chi connectivity index (χ4v) is 4.65. The van der Waals surface area contributed by atoms with Crippen molar-refractivity contribution in [3.05, 3.63) is 149 Å². The third-order valence-corrected chi connectivity index (χ3v) is 6.31. The average molecular weight is 437 g/mol. The number of aromatic nitrogens is 2. The zero-order chi connectivity index (χ0) is 22.7. The van der Waals surface area contributed by atoms with Crippen LogP contribution < -0.4 is 0 Å². The van der Waals surface area contributed by atoms with Gasteiger partial charge in [0, 0.05) is 22.5 Å². The van der Waals surface area contributed by atoms with Crippen molar-refractivity contribution in [1.82, 2.24) is 9.97 Å². The first kappa shape index (κ1) is 20.2. The van der Waals surface area contributed by atoms with Gasteiger partial charge in [0.25, 0.3) is 0 Å². The van der Waals surface area contributed by atoms with E-state index in [0.29, 0.717) is 0 Å². The molecular formula is C32H24N2. The van der Waals surface area contributed by atoms with Gasteiger partial charge in [-0.1, -0.05) is 103 Å². The Morgan fingerprint density at radius 2 is 1.35 bits per heavy atom. The summed E-state index contributed by atoms with van der Waals surface area (Å²) < 4.78 is 0. The van der Waals surface area contributed by atoms with Gasteiger partial charge in [0.2, 0.25) is 0 Å². The molecule has 162 valence electrons. The van der Waals surface area contributed by atoms with Gasteiger partial charge in [-0.2, -0.15) is 0 Å². The standard InChI is InChI=1S/C32H24N2/c1-2-11-25(12-3-1)32(31-22-26-13-5-7-16-30(26)34-31)27-14-8-9-23(21-27)17-19-28-20-18-24-10-4-6-15-29(24)33-28/h1-22,32,34H/b19-17+. The van der Waals surface area contributed by atoms with E-state index in [1.807, 2.05) is 12.1 Å². The first-order valence-corrected chi connectivity index (χ1v) is 11.6. The van der Waals surface area contributed by atoms with Gasteiger partial charge in [-0.3, -0.25) is 0 Å². The van der Waals surface area contributed by atoms with Crippen molar-refractivity contribution in [3.8, 4) is 0 Å². The third-order valence-electron chi connectivity index (χ3n) is 6.31. The van der Waals surface area contributed by atoms with Gasteiger partial charge in [0.15, 0.2) is 0 Å². The van der Waals surface area contributed by atoms with Crippen LogP contribution in [0.1, 0.15) is 34.0 Å². The van der Waals surface area contributed by atoms with E-state index in [1.165, 1.54) is 22.2 Å². The van der Waals surface area contributed by atoms with Crippen molar-refractivity contribution in [2.75, 3.05) is 0 Å². The summed E-state index contributed by atoms with van der Waals surface area (Å²) in [5, 5.41) is 2.39. The van der Waals surface area contributed by atoms with E-state index < -0.39 is 0 Å². The summed E-state index contributed by atoms with van der Waals surface area (Å²) in [5.41, 5.74) is 8.02. The number of fused-ring (bicyclic) bond motifs is 2. The van der Waals surface area contributed by atoms with Crippen molar-refractivity contribution >= 4 is 34.0 Å². The lowest BCUT2D eigenvalue weighted by Gasteiger charge is -2.17. The van der Waals surface area contributed by atoms with E-state index in [0.717, 1.165) is 27.7 Å². The smallest absolute Gasteiger partial charge is 0.0709 e. The fraction of sp³-hybridized carbons (Fsp3) is 0.0312. The van der Waals surface area contributed by atoms with Crippen molar-refractivity contribution in [2.45, 2.75) is 5.92 Å². The van der Waals surface area contributed by atoms with E-state index in [1.54, 1.807) is 0 Å². The molecular weight excluding hydrogens is 412 g/mol. The molecule has 2 aromatic heterocycles. The van der Waals surface area contributed by atoms with Crippen LogP contribution in [0.2, 0.25) is 0 Å². The molecule has 0 bridgehead atoms. The van der Waals surface area contributed by atoms with Gasteiger partial charge in [0.1, 0.15) is 0 Å². The van der Waals surface area contributed by atoms with Crippen LogP contribution in [-0.2, 0) is 0 Å². The lowest BCUT2D eigenvalue weighted by Crippen LogP contribution is -2.04. The number of hydrogen-bond acceptors (Lipinski definition) is 1. The molecule has 1 atom stereocenters. The average Bonchev–Trinajstić information content (AvgIpc) is 3.32. The molecule has 0 spiro atoms. The van der Waals surface area contributed by atoms with Crippen molar-refractivity contribution in [1.29, 1.82) is 0 Å². The second kappa shape index (κ2) is 8.84. The van der Waals surface area contributed by atoms with Gasteiger partial charge in [-0.15, -0.1) is 0 Å². The number of nitrogens with zero attached hydrogens (tertiary/aromatic N) is 1. The van der Waals surface area contributed by atoms with Crippen LogP contribution in [0, 0.1) is 0 Å². The van der Waals surface area contributed by atoms with Crippen LogP contribution in [-0.4, -0.2) is 9.97 Å². The van der Waals surface area contributed by atoms with E-state index in [9.17, 15) is 0 Å². The molecule has 2 nitrogen and oxygen atoms in total. The maximum absolute atomic E-state index is 4.78. The summed E-state index contributed by atoms with van der Waals surface area (Å²) in [6.45, 7) is 0. The second-order valence-corrected chi connectivity index (χ2v) is 8.59. The molecule has 0 aliphatic rings. The normalized spacial score (nSPS) is 12.5. The minimum atomic E-state index is 0.126. The number of benzene rings is 4. The summed E-state index contributed by atoms with van der Waals surface area (Å²) >= 11 is 0. The third kappa shape index (κ3) is 4.02. The molecule has 0 fully saturated rings. The van der Waals surface area contributed by atoms with Gasteiger partial charge < -0.3 is 4.98 Å². The van der Waals surface area contributed by atoms with Gasteiger partial charge in [0.05, 0.1) is 11.2 Å². The van der Waals surface area contributed by atoms with Crippen LogP contribution in [0.5, 0.6) is 0 Å². The van der Waals surface area contributed by atoms with Crippen LogP contribution in [0.15, 0.2) is 121 Å². The highest BCUT2D eigenvalue weighted by atomic mass is 14.7. The molecule has 2 heteroatoms. The summed E-state index contributed by atoms with van der Waals surface area (Å²) in [7, 11) is 0. The number of nitrogens with one attached hydrogen (secondary N) is 1. The Morgan fingerprint density at radius 1 is 0.588 bits per heavy atom. The van der Waals surface area contributed by atoms with Crippen LogP contribution in [0.4, 0.5) is 0 Å². The molecule has 1 unspecified atom stereocenters. The highest BCUT2D eigenvalue weighted by Gasteiger charge is 2.19. The Labute approximate surface area is 199 Å². The Morgan fingerprint density at radius 3 is 2.24 bits per heavy atom. The number of rotatable bonds is 5. The lowest BCUT2D eigenvalue weighted by molar-refractivity contribution is 0.938. The molecule has 0 saturated carbocycles. The largest absolute Gasteiger partial charge is 0.358 e. The van der Waals surface area contributed by atoms with Gasteiger partial charge in [-0.05, 0) is 52.4 Å². The first-order valence-electron chi connectivity index (χ1n) is 11.6. The predicted octanol–water partition coefficient (Wildman–Crippen LogP) is 8.07. The maximum atomic E-state index is 4.78. The van der Waals surface area contributed by atoms with E-state index >= 15 is 0 Å². The van der Waals surface area contributed by atoms with E-state index in [-0.39, 0.29) is 5.92 Å². The minimum absolute atomic E-state index is 0.126. The minimum Gasteiger partial charge on any atom is -0.358 e. The monoisotopic (exact) mass is 436 g/mol. The molecule has 6 aromatic rings. The van der Waals surface area contributed by atoms with E-state index in [2.05, 4.69) is 126 Å². The molecule has 1 N–H and O–H groups in total. The molecule has 0 radical (unpaired) electrons. The van der Waals surface area contributed by atoms with Gasteiger partial charge in [-0.25, -0.2) is 4.98 Å². The maximum Gasteiger partial charge on any atom is 0.0709 e. The predicted molar refractivity (Wildman–Crippen MR) is 143 cm³/mol. The molecule has 6 rings (SSSR count). The van der Waals surface area contributed by atoms with Crippen LogP contribution in [0.3, 0.4) is 0 Å². The zero-order valence-electron chi connectivity index (χ0n) is 18.7. The Bertz CT molecular complexity index is 1580. The van der Waals surface area contributed by atoms with Crippen LogP contribution in [0.25, 0.3) is 34.0 Å². The highest BCUT2D eigenvalue weighted by molar-refractivity contribution is 5.82. The topological polar surface area (TPSA) is 28.7 Å². The van der Waals surface area contributed by atoms with Crippen molar-refractivity contribution in [3.63, 3.8) is 0 Å². The number of aromatic amines is 1. The number of H-pyrrole nitrogens is 1. The summed E-state index contributed by atoms with van der Waals surface area (Å²) in [6.07, 6.45) is 4.24. The quantitative estimate of drug-likeness (QED) is 0.291. The number of pyridine rings is 1. The molecule has 0 amide bonds. The second-order valence-electron chi connectivity index (χ2n) is 8.59. The van der Waals surface area contributed by atoms with Crippen LogP contribution >= 0.6 is 0 Å². The van der Waals surface area contributed by atoms with Crippen molar-refractivity contribution < 1.29 is 0 Å². The summed E-state index contributed by atoms with van der Waals surface area (Å²) in [4.78, 5) is 8.43. The lowest BCUT2D eigenvalue weighted by atomic mass is 9.87.